The fourth-order valence-electron chi connectivity index (χ4n) is 0.565. The van der Waals surface area contributed by atoms with Crippen LogP contribution in [0.15, 0.2) is 22.6 Å². The molecule has 0 spiro atoms. The number of hydrogen-bond donors (Lipinski definition) is 2. The van der Waals surface area contributed by atoms with Gasteiger partial charge in [0.05, 0.1) is 13.2 Å². The summed E-state index contributed by atoms with van der Waals surface area (Å²) in [6, 6.07) is 0. The van der Waals surface area contributed by atoms with E-state index in [1.54, 1.807) is 0 Å². The lowest BCUT2D eigenvalue weighted by Gasteiger charge is -2.02. The lowest BCUT2D eigenvalue weighted by Crippen LogP contribution is -1.99. The molecule has 0 aromatic carbocycles. The SMILES string of the molecule is OC(=CCl)CCOCCC(O)=CCl. The van der Waals surface area contributed by atoms with Crippen LogP contribution < -0.4 is 0 Å². The standard InChI is InChI=1S/C8H12Cl2O3/c9-5-7(11)1-3-13-4-2-8(12)6-10/h5-6,11-12H,1-4H2. The summed E-state index contributed by atoms with van der Waals surface area (Å²) in [6.07, 6.45) is 0.740. The first-order valence-corrected chi connectivity index (χ1v) is 4.62. The normalized spacial score (nSPS) is 13.4. The van der Waals surface area contributed by atoms with Crippen LogP contribution in [-0.4, -0.2) is 23.4 Å². The average Bonchev–Trinajstić information content (AvgIpc) is 2.16. The molecule has 76 valence electrons. The van der Waals surface area contributed by atoms with Crippen LogP contribution in [0.4, 0.5) is 0 Å². The maximum Gasteiger partial charge on any atom is 0.106 e. The van der Waals surface area contributed by atoms with E-state index in [9.17, 15) is 0 Å². The van der Waals surface area contributed by atoms with Crippen molar-refractivity contribution in [2.75, 3.05) is 13.2 Å². The molecule has 0 aromatic heterocycles. The van der Waals surface area contributed by atoms with E-state index in [0.29, 0.717) is 26.1 Å². The van der Waals surface area contributed by atoms with Gasteiger partial charge in [0.2, 0.25) is 0 Å². The molecule has 0 heterocycles. The van der Waals surface area contributed by atoms with Gasteiger partial charge in [-0.05, 0) is 0 Å². The minimum atomic E-state index is 0.0822. The van der Waals surface area contributed by atoms with E-state index < -0.39 is 0 Å². The monoisotopic (exact) mass is 226 g/mol. The predicted molar refractivity (Wildman–Crippen MR) is 53.2 cm³/mol. The number of rotatable bonds is 6. The molecule has 0 bridgehead atoms. The van der Waals surface area contributed by atoms with E-state index in [-0.39, 0.29) is 11.5 Å². The summed E-state index contributed by atoms with van der Waals surface area (Å²) in [7, 11) is 0. The summed E-state index contributed by atoms with van der Waals surface area (Å²) in [5, 5.41) is 17.8. The van der Waals surface area contributed by atoms with E-state index in [1.165, 1.54) is 0 Å². The Morgan fingerprint density at radius 3 is 1.69 bits per heavy atom. The second-order valence-electron chi connectivity index (χ2n) is 2.31. The molecule has 2 N–H and O–H groups in total. The molecule has 0 rings (SSSR count). The summed E-state index contributed by atoms with van der Waals surface area (Å²) in [6.45, 7) is 0.731. The summed E-state index contributed by atoms with van der Waals surface area (Å²) in [5.74, 6) is 0.164. The highest BCUT2D eigenvalue weighted by molar-refractivity contribution is 6.25. The van der Waals surface area contributed by atoms with Crippen molar-refractivity contribution in [1.82, 2.24) is 0 Å². The summed E-state index contributed by atoms with van der Waals surface area (Å²) in [5.41, 5.74) is 2.19. The third kappa shape index (κ3) is 7.96. The van der Waals surface area contributed by atoms with Crippen LogP contribution in [0, 0.1) is 0 Å². The van der Waals surface area contributed by atoms with Gasteiger partial charge >= 0.3 is 0 Å². The molecule has 5 heteroatoms. The van der Waals surface area contributed by atoms with Crippen molar-refractivity contribution in [2.45, 2.75) is 12.8 Å². The van der Waals surface area contributed by atoms with E-state index in [0.717, 1.165) is 11.1 Å². The molecular weight excluding hydrogens is 215 g/mol. The first kappa shape index (κ1) is 12.6. The van der Waals surface area contributed by atoms with Gasteiger partial charge in [0, 0.05) is 23.9 Å². The Morgan fingerprint density at radius 1 is 1.00 bits per heavy atom. The Hall–Kier alpha value is -0.380. The van der Waals surface area contributed by atoms with Crippen LogP contribution in [-0.2, 0) is 4.74 Å². The van der Waals surface area contributed by atoms with Crippen molar-refractivity contribution < 1.29 is 14.9 Å². The lowest BCUT2D eigenvalue weighted by atomic mass is 10.4. The fraction of sp³-hybridized carbons (Fsp3) is 0.500. The Bertz CT molecular complexity index is 170. The van der Waals surface area contributed by atoms with Crippen LogP contribution in [0.2, 0.25) is 0 Å². The maximum absolute atomic E-state index is 8.88. The van der Waals surface area contributed by atoms with Crippen molar-refractivity contribution in [3.05, 3.63) is 22.6 Å². The van der Waals surface area contributed by atoms with Crippen LogP contribution in [0.25, 0.3) is 0 Å². The Balaban J connectivity index is 3.27. The zero-order chi connectivity index (χ0) is 10.1. The number of aliphatic hydroxyl groups excluding tert-OH is 2. The van der Waals surface area contributed by atoms with Crippen molar-refractivity contribution in [3.63, 3.8) is 0 Å². The van der Waals surface area contributed by atoms with Gasteiger partial charge in [-0.3, -0.25) is 0 Å². The van der Waals surface area contributed by atoms with E-state index in [1.807, 2.05) is 0 Å². The summed E-state index contributed by atoms with van der Waals surface area (Å²) < 4.78 is 5.06. The van der Waals surface area contributed by atoms with Crippen molar-refractivity contribution in [3.8, 4) is 0 Å². The van der Waals surface area contributed by atoms with Crippen LogP contribution >= 0.6 is 23.2 Å². The van der Waals surface area contributed by atoms with Gasteiger partial charge in [-0.2, -0.15) is 0 Å². The number of halogens is 2. The van der Waals surface area contributed by atoms with Crippen LogP contribution in [0.5, 0.6) is 0 Å². The molecule has 0 aliphatic heterocycles. The molecule has 0 saturated heterocycles. The molecule has 0 aliphatic carbocycles. The van der Waals surface area contributed by atoms with Gasteiger partial charge in [-0.15, -0.1) is 0 Å². The highest BCUT2D eigenvalue weighted by atomic mass is 35.5. The van der Waals surface area contributed by atoms with Crippen LogP contribution in [0.1, 0.15) is 12.8 Å². The van der Waals surface area contributed by atoms with Crippen molar-refractivity contribution in [2.24, 2.45) is 0 Å². The molecular formula is C8H12Cl2O3. The number of aliphatic hydroxyl groups is 2. The van der Waals surface area contributed by atoms with Gasteiger partial charge < -0.3 is 14.9 Å². The summed E-state index contributed by atoms with van der Waals surface area (Å²) >= 11 is 10.4. The van der Waals surface area contributed by atoms with E-state index in [2.05, 4.69) is 0 Å². The van der Waals surface area contributed by atoms with Gasteiger partial charge in [-0.1, -0.05) is 23.2 Å². The van der Waals surface area contributed by atoms with Gasteiger partial charge in [-0.25, -0.2) is 0 Å². The van der Waals surface area contributed by atoms with Gasteiger partial charge in [0.1, 0.15) is 11.5 Å². The van der Waals surface area contributed by atoms with Gasteiger partial charge in [0.25, 0.3) is 0 Å². The largest absolute Gasteiger partial charge is 0.511 e. The van der Waals surface area contributed by atoms with E-state index >= 15 is 0 Å². The molecule has 0 aliphatic rings. The Kier molecular flexibility index (Phi) is 7.99. The third-order valence-electron chi connectivity index (χ3n) is 1.26. The van der Waals surface area contributed by atoms with Crippen LogP contribution in [0.3, 0.4) is 0 Å². The highest BCUT2D eigenvalue weighted by Crippen LogP contribution is 2.01. The molecule has 0 radical (unpaired) electrons. The first-order chi connectivity index (χ1) is 6.20. The minimum Gasteiger partial charge on any atom is -0.511 e. The average molecular weight is 227 g/mol. The smallest absolute Gasteiger partial charge is 0.106 e. The lowest BCUT2D eigenvalue weighted by molar-refractivity contribution is 0.125. The Labute approximate surface area is 87.2 Å². The first-order valence-electron chi connectivity index (χ1n) is 3.75. The predicted octanol–water partition coefficient (Wildman–Crippen LogP) is 3.06. The van der Waals surface area contributed by atoms with Crippen molar-refractivity contribution >= 4 is 23.2 Å². The minimum absolute atomic E-state index is 0.0822. The molecule has 0 atom stereocenters. The number of ether oxygens (including phenoxy) is 1. The highest BCUT2D eigenvalue weighted by Gasteiger charge is 1.95. The second-order valence-corrected chi connectivity index (χ2v) is 2.75. The number of hydrogen-bond acceptors (Lipinski definition) is 3. The summed E-state index contributed by atoms with van der Waals surface area (Å²) in [4.78, 5) is 0. The molecule has 0 unspecified atom stereocenters. The van der Waals surface area contributed by atoms with Gasteiger partial charge in [0.15, 0.2) is 0 Å². The zero-order valence-electron chi connectivity index (χ0n) is 7.04. The molecule has 3 nitrogen and oxygen atoms in total. The van der Waals surface area contributed by atoms with E-state index in [4.69, 9.17) is 38.2 Å². The molecule has 13 heavy (non-hydrogen) atoms. The maximum atomic E-state index is 8.88. The van der Waals surface area contributed by atoms with Crippen molar-refractivity contribution in [1.29, 1.82) is 0 Å². The molecule has 0 saturated carbocycles. The quantitative estimate of drug-likeness (QED) is 0.541. The fourth-order valence-corrected chi connectivity index (χ4v) is 0.783. The second kappa shape index (κ2) is 8.23. The molecule has 0 fully saturated rings. The topological polar surface area (TPSA) is 49.7 Å². The third-order valence-corrected chi connectivity index (χ3v) is 1.76. The molecule has 0 aromatic rings. The Morgan fingerprint density at radius 2 is 1.38 bits per heavy atom. The zero-order valence-corrected chi connectivity index (χ0v) is 8.55. The molecule has 0 amide bonds.